The highest BCUT2D eigenvalue weighted by Gasteiger charge is 2.27. The van der Waals surface area contributed by atoms with Gasteiger partial charge in [-0.25, -0.2) is 4.74 Å². The third kappa shape index (κ3) is 2.53. The molecule has 0 aromatic rings. The molecule has 2 aliphatic rings. The zero-order valence-electron chi connectivity index (χ0n) is 9.87. The van der Waals surface area contributed by atoms with Gasteiger partial charge in [-0.15, -0.1) is 0 Å². The fourth-order valence-electron chi connectivity index (χ4n) is 3.05. The van der Waals surface area contributed by atoms with Gasteiger partial charge in [0.1, 0.15) is 0 Å². The van der Waals surface area contributed by atoms with Gasteiger partial charge in [0.15, 0.2) is 11.8 Å². The van der Waals surface area contributed by atoms with E-state index in [1.807, 2.05) is 0 Å². The maximum atomic E-state index is 12.2. The van der Waals surface area contributed by atoms with E-state index < -0.39 is 0 Å². The highest BCUT2D eigenvalue weighted by atomic mass is 16.5. The Morgan fingerprint density at radius 1 is 1.00 bits per heavy atom. The molecule has 86 valence electrons. The number of hydroxylamine groups is 1. The largest absolute Gasteiger partial charge is 0.624 e. The number of nitrogens with zero attached hydrogens (tertiary/aromatic N) is 1. The van der Waals surface area contributed by atoms with Gasteiger partial charge in [-0.3, -0.25) is 0 Å². The van der Waals surface area contributed by atoms with E-state index in [1.54, 1.807) is 0 Å². The van der Waals surface area contributed by atoms with Crippen LogP contribution in [-0.4, -0.2) is 16.5 Å². The molecule has 0 bridgehead atoms. The SMILES string of the molecule is CC1CCCC/C1=[N+](/[O-])C1CCCCC1. The van der Waals surface area contributed by atoms with E-state index in [9.17, 15) is 5.21 Å². The molecule has 0 heterocycles. The summed E-state index contributed by atoms with van der Waals surface area (Å²) >= 11 is 0. The number of hydrogen-bond acceptors (Lipinski definition) is 1. The fraction of sp³-hybridized carbons (Fsp3) is 0.923. The minimum Gasteiger partial charge on any atom is -0.624 e. The molecule has 2 aliphatic carbocycles. The van der Waals surface area contributed by atoms with Crippen LogP contribution < -0.4 is 0 Å². The van der Waals surface area contributed by atoms with Crippen LogP contribution in [0.5, 0.6) is 0 Å². The lowest BCUT2D eigenvalue weighted by Gasteiger charge is -2.27. The van der Waals surface area contributed by atoms with Crippen LogP contribution in [-0.2, 0) is 0 Å². The Labute approximate surface area is 93.0 Å². The van der Waals surface area contributed by atoms with Crippen molar-refractivity contribution in [2.24, 2.45) is 5.92 Å². The Bertz CT molecular complexity index is 241. The Balaban J connectivity index is 2.07. The summed E-state index contributed by atoms with van der Waals surface area (Å²) in [6.45, 7) is 2.22. The predicted molar refractivity (Wildman–Crippen MR) is 63.1 cm³/mol. The van der Waals surface area contributed by atoms with Gasteiger partial charge in [-0.05, 0) is 25.7 Å². The molecule has 1 unspecified atom stereocenters. The molecule has 1 atom stereocenters. The van der Waals surface area contributed by atoms with E-state index in [2.05, 4.69) is 6.92 Å². The van der Waals surface area contributed by atoms with Crippen molar-refractivity contribution < 1.29 is 4.74 Å². The fourth-order valence-corrected chi connectivity index (χ4v) is 3.05. The minimum absolute atomic E-state index is 0.314. The summed E-state index contributed by atoms with van der Waals surface area (Å²) < 4.78 is 1.41. The predicted octanol–water partition coefficient (Wildman–Crippen LogP) is 3.48. The first-order chi connectivity index (χ1) is 7.29. The molecule has 2 rings (SSSR count). The molecule has 0 aliphatic heterocycles. The first-order valence-corrected chi connectivity index (χ1v) is 6.61. The van der Waals surface area contributed by atoms with E-state index in [4.69, 9.17) is 0 Å². The highest BCUT2D eigenvalue weighted by Crippen LogP contribution is 2.25. The summed E-state index contributed by atoms with van der Waals surface area (Å²) in [6, 6.07) is 0.314. The summed E-state index contributed by atoms with van der Waals surface area (Å²) in [5, 5.41) is 12.2. The molecular formula is C13H23NO. The van der Waals surface area contributed by atoms with E-state index >= 15 is 0 Å². The van der Waals surface area contributed by atoms with Crippen LogP contribution in [0.2, 0.25) is 0 Å². The second kappa shape index (κ2) is 5.00. The molecule has 2 nitrogen and oxygen atoms in total. The lowest BCUT2D eigenvalue weighted by molar-refractivity contribution is -0.509. The molecule has 2 fully saturated rings. The lowest BCUT2D eigenvalue weighted by atomic mass is 9.87. The van der Waals surface area contributed by atoms with Gasteiger partial charge in [0, 0.05) is 25.2 Å². The van der Waals surface area contributed by atoms with Crippen molar-refractivity contribution in [1.82, 2.24) is 0 Å². The normalized spacial score (nSPS) is 32.7. The van der Waals surface area contributed by atoms with Gasteiger partial charge < -0.3 is 5.21 Å². The monoisotopic (exact) mass is 209 g/mol. The molecule has 0 aromatic heterocycles. The van der Waals surface area contributed by atoms with E-state index in [0.717, 1.165) is 19.3 Å². The molecule has 0 radical (unpaired) electrons. The van der Waals surface area contributed by atoms with Crippen LogP contribution in [0.3, 0.4) is 0 Å². The second-order valence-corrected chi connectivity index (χ2v) is 5.26. The number of hydrogen-bond donors (Lipinski definition) is 0. The third-order valence-corrected chi connectivity index (χ3v) is 4.08. The van der Waals surface area contributed by atoms with E-state index in [1.165, 1.54) is 49.0 Å². The van der Waals surface area contributed by atoms with Gasteiger partial charge >= 0.3 is 0 Å². The van der Waals surface area contributed by atoms with Crippen molar-refractivity contribution in [3.63, 3.8) is 0 Å². The van der Waals surface area contributed by atoms with Crippen molar-refractivity contribution in [1.29, 1.82) is 0 Å². The Kier molecular flexibility index (Phi) is 3.66. The Hall–Kier alpha value is -0.530. The smallest absolute Gasteiger partial charge is 0.166 e. The van der Waals surface area contributed by atoms with Gasteiger partial charge in [0.25, 0.3) is 0 Å². The quantitative estimate of drug-likeness (QED) is 0.369. The van der Waals surface area contributed by atoms with Crippen molar-refractivity contribution in [2.75, 3.05) is 0 Å². The maximum absolute atomic E-state index is 12.2. The average molecular weight is 209 g/mol. The zero-order valence-corrected chi connectivity index (χ0v) is 9.87. The van der Waals surface area contributed by atoms with E-state index in [0.29, 0.717) is 12.0 Å². The van der Waals surface area contributed by atoms with Crippen LogP contribution in [0.4, 0.5) is 0 Å². The second-order valence-electron chi connectivity index (χ2n) is 5.26. The van der Waals surface area contributed by atoms with Gasteiger partial charge in [0.05, 0.1) is 0 Å². The molecule has 0 N–H and O–H groups in total. The van der Waals surface area contributed by atoms with Gasteiger partial charge in [-0.1, -0.05) is 19.8 Å². The van der Waals surface area contributed by atoms with Crippen LogP contribution >= 0.6 is 0 Å². The summed E-state index contributed by atoms with van der Waals surface area (Å²) in [5.74, 6) is 0.540. The molecule has 2 saturated carbocycles. The molecule has 0 amide bonds. The molecule has 0 spiro atoms. The molecule has 0 aromatic carbocycles. The Morgan fingerprint density at radius 2 is 1.67 bits per heavy atom. The summed E-state index contributed by atoms with van der Waals surface area (Å²) in [7, 11) is 0. The minimum atomic E-state index is 0.314. The summed E-state index contributed by atoms with van der Waals surface area (Å²) in [5.41, 5.74) is 1.20. The number of rotatable bonds is 1. The van der Waals surface area contributed by atoms with Crippen molar-refractivity contribution in [2.45, 2.75) is 70.8 Å². The first kappa shape index (κ1) is 11.0. The first-order valence-electron chi connectivity index (χ1n) is 6.61. The van der Waals surface area contributed by atoms with Gasteiger partial charge in [-0.2, -0.15) is 0 Å². The zero-order chi connectivity index (χ0) is 10.7. The summed E-state index contributed by atoms with van der Waals surface area (Å²) in [4.78, 5) is 0. The molecular weight excluding hydrogens is 186 g/mol. The van der Waals surface area contributed by atoms with Gasteiger partial charge in [0.2, 0.25) is 0 Å². The maximum Gasteiger partial charge on any atom is 0.166 e. The Morgan fingerprint density at radius 3 is 2.33 bits per heavy atom. The van der Waals surface area contributed by atoms with Crippen molar-refractivity contribution in [3.8, 4) is 0 Å². The van der Waals surface area contributed by atoms with Crippen molar-refractivity contribution >= 4 is 5.71 Å². The molecule has 0 saturated heterocycles. The third-order valence-electron chi connectivity index (χ3n) is 4.08. The highest BCUT2D eigenvalue weighted by molar-refractivity contribution is 5.82. The van der Waals surface area contributed by atoms with Crippen molar-refractivity contribution in [3.05, 3.63) is 5.21 Å². The lowest BCUT2D eigenvalue weighted by Crippen LogP contribution is -2.33. The standard InChI is InChI=1S/C13H23NO/c1-11-7-5-6-10-13(11)14(15)12-8-3-2-4-9-12/h11-12H,2-10H2,1H3/b14-13-. The molecule has 2 heteroatoms. The van der Waals surface area contributed by atoms with Crippen LogP contribution in [0.25, 0.3) is 0 Å². The van der Waals surface area contributed by atoms with Crippen LogP contribution in [0.15, 0.2) is 0 Å². The summed E-state index contributed by atoms with van der Waals surface area (Å²) in [6.07, 6.45) is 10.9. The van der Waals surface area contributed by atoms with Crippen LogP contribution in [0.1, 0.15) is 64.7 Å². The molecule has 15 heavy (non-hydrogen) atoms. The van der Waals surface area contributed by atoms with E-state index in [-0.39, 0.29) is 0 Å². The van der Waals surface area contributed by atoms with Crippen LogP contribution in [0, 0.1) is 11.1 Å². The topological polar surface area (TPSA) is 26.1 Å². The average Bonchev–Trinajstić information content (AvgIpc) is 2.30.